The number of benzene rings is 1. The predicted molar refractivity (Wildman–Crippen MR) is 68.3 cm³/mol. The summed E-state index contributed by atoms with van der Waals surface area (Å²) in [6, 6.07) is 5.31. The third-order valence-corrected chi connectivity index (χ3v) is 4.31. The molecular weight excluding hydrogens is 254 g/mol. The van der Waals surface area contributed by atoms with E-state index in [0.29, 0.717) is 42.7 Å². The zero-order valence-electron chi connectivity index (χ0n) is 10.5. The van der Waals surface area contributed by atoms with E-state index in [-0.39, 0.29) is 0 Å². The molecule has 1 fully saturated rings. The Balaban J connectivity index is 2.23. The first-order chi connectivity index (χ1) is 8.76. The van der Waals surface area contributed by atoms with Gasteiger partial charge in [-0.3, -0.25) is 0 Å². The molecule has 1 aromatic rings. The van der Waals surface area contributed by atoms with E-state index in [1.807, 2.05) is 4.31 Å². The molecule has 0 spiro atoms. The lowest BCUT2D eigenvalue weighted by molar-refractivity contribution is 0.0751. The largest absolute Gasteiger partial charge is 0.497 e. The smallest absolute Gasteiger partial charge is 0.140 e. The fourth-order valence-corrected chi connectivity index (χ4v) is 3.03. The summed E-state index contributed by atoms with van der Waals surface area (Å²) >= 11 is 0. The average Bonchev–Trinajstić information content (AvgIpc) is 2.46. The van der Waals surface area contributed by atoms with Crippen LogP contribution in [-0.2, 0) is 15.7 Å². The highest BCUT2D eigenvalue weighted by molar-refractivity contribution is 7.82. The average molecular weight is 271 g/mol. The van der Waals surface area contributed by atoms with Crippen LogP contribution in [-0.4, -0.2) is 49.0 Å². The van der Waals surface area contributed by atoms with Crippen LogP contribution < -0.4 is 9.47 Å². The second-order valence-corrected chi connectivity index (χ2v) is 5.26. The normalized spacial score (nSPS) is 18.3. The van der Waals surface area contributed by atoms with Crippen LogP contribution in [0.1, 0.15) is 0 Å². The molecule has 1 heterocycles. The van der Waals surface area contributed by atoms with Crippen molar-refractivity contribution in [2.45, 2.75) is 4.90 Å². The van der Waals surface area contributed by atoms with E-state index < -0.39 is 11.0 Å². The van der Waals surface area contributed by atoms with Crippen molar-refractivity contribution in [3.05, 3.63) is 18.2 Å². The number of hydrogen-bond donors (Lipinski definition) is 0. The van der Waals surface area contributed by atoms with E-state index in [0.717, 1.165) is 0 Å². The number of rotatable bonds is 4. The molecule has 0 N–H and O–H groups in total. The van der Waals surface area contributed by atoms with Gasteiger partial charge in [-0.15, -0.1) is 0 Å². The molecule has 1 saturated heterocycles. The zero-order chi connectivity index (χ0) is 13.0. The zero-order valence-corrected chi connectivity index (χ0v) is 11.4. The Morgan fingerprint density at radius 1 is 1.22 bits per heavy atom. The molecule has 0 radical (unpaired) electrons. The summed E-state index contributed by atoms with van der Waals surface area (Å²) in [7, 11) is 1.94. The van der Waals surface area contributed by atoms with Crippen LogP contribution in [0.5, 0.6) is 11.5 Å². The quantitative estimate of drug-likeness (QED) is 0.821. The Labute approximate surface area is 109 Å². The summed E-state index contributed by atoms with van der Waals surface area (Å²) in [6.07, 6.45) is 0. The van der Waals surface area contributed by atoms with Crippen LogP contribution in [0.25, 0.3) is 0 Å². The summed E-state index contributed by atoms with van der Waals surface area (Å²) in [5, 5.41) is 0. The molecule has 0 aromatic heterocycles. The molecule has 0 amide bonds. The van der Waals surface area contributed by atoms with Crippen LogP contribution in [0.2, 0.25) is 0 Å². The maximum absolute atomic E-state index is 12.4. The van der Waals surface area contributed by atoms with Crippen molar-refractivity contribution in [2.75, 3.05) is 40.5 Å². The second kappa shape index (κ2) is 6.17. The van der Waals surface area contributed by atoms with E-state index in [2.05, 4.69) is 0 Å². The number of hydrogen-bond acceptors (Lipinski definition) is 4. The van der Waals surface area contributed by atoms with E-state index in [9.17, 15) is 4.21 Å². The summed E-state index contributed by atoms with van der Waals surface area (Å²) in [5.41, 5.74) is 0. The molecule has 1 aliphatic rings. The van der Waals surface area contributed by atoms with Crippen LogP contribution in [0.3, 0.4) is 0 Å². The number of morpholine rings is 1. The van der Waals surface area contributed by atoms with Gasteiger partial charge >= 0.3 is 0 Å². The van der Waals surface area contributed by atoms with Crippen molar-refractivity contribution in [3.8, 4) is 11.5 Å². The number of nitrogens with zero attached hydrogens (tertiary/aromatic N) is 1. The van der Waals surface area contributed by atoms with Gasteiger partial charge in [0.25, 0.3) is 0 Å². The van der Waals surface area contributed by atoms with E-state index in [1.54, 1.807) is 32.4 Å². The molecule has 0 bridgehead atoms. The van der Waals surface area contributed by atoms with E-state index >= 15 is 0 Å². The summed E-state index contributed by atoms with van der Waals surface area (Å²) < 4.78 is 30.0. The first kappa shape index (κ1) is 13.3. The Kier molecular flexibility index (Phi) is 4.57. The first-order valence-corrected chi connectivity index (χ1v) is 6.83. The molecule has 6 heteroatoms. The third kappa shape index (κ3) is 2.82. The second-order valence-electron chi connectivity index (χ2n) is 3.81. The van der Waals surface area contributed by atoms with Crippen LogP contribution >= 0.6 is 0 Å². The Morgan fingerprint density at radius 2 is 1.94 bits per heavy atom. The van der Waals surface area contributed by atoms with Gasteiger partial charge in [-0.2, -0.15) is 0 Å². The highest BCUT2D eigenvalue weighted by Crippen LogP contribution is 2.28. The van der Waals surface area contributed by atoms with Crippen molar-refractivity contribution >= 4 is 11.0 Å². The molecular formula is C12H17NO4S. The van der Waals surface area contributed by atoms with Crippen LogP contribution in [0, 0.1) is 0 Å². The minimum Gasteiger partial charge on any atom is -0.497 e. The van der Waals surface area contributed by atoms with E-state index in [4.69, 9.17) is 14.2 Å². The number of methoxy groups -OCH3 is 2. The van der Waals surface area contributed by atoms with Crippen LogP contribution in [0.4, 0.5) is 0 Å². The fraction of sp³-hybridized carbons (Fsp3) is 0.500. The van der Waals surface area contributed by atoms with E-state index in [1.165, 1.54) is 0 Å². The first-order valence-electron chi connectivity index (χ1n) is 5.73. The topological polar surface area (TPSA) is 48.0 Å². The van der Waals surface area contributed by atoms with Crippen molar-refractivity contribution in [3.63, 3.8) is 0 Å². The molecule has 0 aliphatic carbocycles. The Hall–Kier alpha value is -1.11. The standard InChI is InChI=1S/C12H17NO4S/c1-15-10-3-4-12(11(9-10)16-2)18(14)13-5-7-17-8-6-13/h3-4,9H,5-8H2,1-2H3. The molecule has 1 atom stereocenters. The molecule has 5 nitrogen and oxygen atoms in total. The van der Waals surface area contributed by atoms with Gasteiger partial charge in [0.1, 0.15) is 22.5 Å². The van der Waals surface area contributed by atoms with Crippen molar-refractivity contribution in [1.82, 2.24) is 4.31 Å². The van der Waals surface area contributed by atoms with Gasteiger partial charge in [0, 0.05) is 19.2 Å². The van der Waals surface area contributed by atoms with Gasteiger partial charge in [-0.25, -0.2) is 8.51 Å². The number of ether oxygens (including phenoxy) is 3. The molecule has 2 rings (SSSR count). The lowest BCUT2D eigenvalue weighted by Gasteiger charge is -2.25. The van der Waals surface area contributed by atoms with Gasteiger partial charge in [0.15, 0.2) is 0 Å². The molecule has 1 aliphatic heterocycles. The van der Waals surface area contributed by atoms with Crippen LogP contribution in [0.15, 0.2) is 23.1 Å². The van der Waals surface area contributed by atoms with Crippen molar-refractivity contribution < 1.29 is 18.4 Å². The van der Waals surface area contributed by atoms with Gasteiger partial charge < -0.3 is 14.2 Å². The summed E-state index contributed by atoms with van der Waals surface area (Å²) in [5.74, 6) is 1.27. The van der Waals surface area contributed by atoms with Gasteiger partial charge in [0.2, 0.25) is 0 Å². The monoisotopic (exact) mass is 271 g/mol. The SMILES string of the molecule is COc1ccc(S(=O)N2CCOCC2)c(OC)c1. The summed E-state index contributed by atoms with van der Waals surface area (Å²) in [4.78, 5) is 0.667. The van der Waals surface area contributed by atoms with Crippen molar-refractivity contribution in [1.29, 1.82) is 0 Å². The van der Waals surface area contributed by atoms with Crippen molar-refractivity contribution in [2.24, 2.45) is 0 Å². The minimum atomic E-state index is -1.22. The molecule has 1 aromatic carbocycles. The Morgan fingerprint density at radius 3 is 2.56 bits per heavy atom. The lowest BCUT2D eigenvalue weighted by atomic mass is 10.3. The Bertz CT molecular complexity index is 432. The highest BCUT2D eigenvalue weighted by atomic mass is 32.2. The maximum atomic E-state index is 12.4. The fourth-order valence-electron chi connectivity index (χ4n) is 1.77. The van der Waals surface area contributed by atoms with Gasteiger partial charge in [-0.05, 0) is 12.1 Å². The lowest BCUT2D eigenvalue weighted by Crippen LogP contribution is -2.37. The third-order valence-electron chi connectivity index (χ3n) is 2.76. The molecule has 18 heavy (non-hydrogen) atoms. The molecule has 100 valence electrons. The predicted octanol–water partition coefficient (Wildman–Crippen LogP) is 1.06. The summed E-state index contributed by atoms with van der Waals surface area (Å²) in [6.45, 7) is 2.57. The minimum absolute atomic E-state index is 0.583. The molecule has 0 saturated carbocycles. The van der Waals surface area contributed by atoms with Gasteiger partial charge in [0.05, 0.1) is 32.3 Å². The van der Waals surface area contributed by atoms with Gasteiger partial charge in [-0.1, -0.05) is 0 Å². The maximum Gasteiger partial charge on any atom is 0.140 e. The highest BCUT2D eigenvalue weighted by Gasteiger charge is 2.21. The molecule has 1 unspecified atom stereocenters.